The first-order valence-electron chi connectivity index (χ1n) is 4.04. The summed E-state index contributed by atoms with van der Waals surface area (Å²) in [6.07, 6.45) is 3.19. The van der Waals surface area contributed by atoms with Crippen molar-refractivity contribution < 1.29 is 0 Å². The fourth-order valence-corrected chi connectivity index (χ4v) is 2.01. The van der Waals surface area contributed by atoms with Crippen molar-refractivity contribution in [2.24, 2.45) is 0 Å². The Balaban J connectivity index is 2.94. The molecule has 1 aromatic rings. The summed E-state index contributed by atoms with van der Waals surface area (Å²) >= 11 is 7.74. The Kier molecular flexibility index (Phi) is 3.96. The predicted octanol–water partition coefficient (Wildman–Crippen LogP) is 3.77. The van der Waals surface area contributed by atoms with Crippen molar-refractivity contribution >= 4 is 23.4 Å². The van der Waals surface area contributed by atoms with Crippen LogP contribution in [0.5, 0.6) is 0 Å². The maximum Gasteiger partial charge on any atom is 0.0408 e. The van der Waals surface area contributed by atoms with E-state index in [1.807, 2.05) is 17.8 Å². The first-order valence-corrected chi connectivity index (χ1v) is 5.81. The van der Waals surface area contributed by atoms with E-state index in [0.29, 0.717) is 0 Å². The smallest absolute Gasteiger partial charge is 0.0408 e. The van der Waals surface area contributed by atoms with Gasteiger partial charge in [0.25, 0.3) is 0 Å². The number of aryl methyl sites for hydroxylation is 1. The lowest BCUT2D eigenvalue weighted by Crippen LogP contribution is -1.89. The van der Waals surface area contributed by atoms with E-state index in [1.54, 1.807) is 0 Å². The van der Waals surface area contributed by atoms with Gasteiger partial charge in [-0.15, -0.1) is 0 Å². The first-order chi connectivity index (χ1) is 5.77. The molecule has 0 nitrogen and oxygen atoms in total. The van der Waals surface area contributed by atoms with Crippen molar-refractivity contribution in [3.8, 4) is 0 Å². The minimum Gasteiger partial charge on any atom is -0.161 e. The van der Waals surface area contributed by atoms with Gasteiger partial charge in [0.05, 0.1) is 0 Å². The van der Waals surface area contributed by atoms with Gasteiger partial charge in [0.1, 0.15) is 0 Å². The Hall–Kier alpha value is -0.140. The summed E-state index contributed by atoms with van der Waals surface area (Å²) in [5, 5.41) is 0.844. The third kappa shape index (κ3) is 2.43. The molecule has 0 saturated carbocycles. The Morgan fingerprint density at radius 1 is 1.33 bits per heavy atom. The lowest BCUT2D eigenvalue weighted by atomic mass is 10.1. The molecular weight excluding hydrogens is 188 g/mol. The van der Waals surface area contributed by atoms with Crippen LogP contribution in [0.15, 0.2) is 18.2 Å². The van der Waals surface area contributed by atoms with E-state index < -0.39 is 0 Å². The summed E-state index contributed by atoms with van der Waals surface area (Å²) in [6, 6.07) is 6.15. The van der Waals surface area contributed by atoms with Crippen LogP contribution in [0.4, 0.5) is 0 Å². The van der Waals surface area contributed by atoms with Crippen LogP contribution in [0.3, 0.4) is 0 Å². The highest BCUT2D eigenvalue weighted by Crippen LogP contribution is 2.19. The van der Waals surface area contributed by atoms with Crippen LogP contribution in [0, 0.1) is 0 Å². The zero-order valence-corrected chi connectivity index (χ0v) is 9.00. The van der Waals surface area contributed by atoms with Crippen molar-refractivity contribution in [1.82, 2.24) is 0 Å². The second-order valence-corrected chi connectivity index (χ2v) is 4.00. The van der Waals surface area contributed by atoms with E-state index in [1.165, 1.54) is 11.1 Å². The van der Waals surface area contributed by atoms with Gasteiger partial charge in [-0.3, -0.25) is 0 Å². The number of halogens is 1. The van der Waals surface area contributed by atoms with Crippen LogP contribution in [0.25, 0.3) is 0 Å². The van der Waals surface area contributed by atoms with E-state index in [-0.39, 0.29) is 0 Å². The van der Waals surface area contributed by atoms with Gasteiger partial charge in [-0.25, -0.2) is 0 Å². The minimum absolute atomic E-state index is 0.844. The molecule has 0 aliphatic rings. The molecule has 1 aromatic carbocycles. The number of hydrogen-bond acceptors (Lipinski definition) is 1. The normalized spacial score (nSPS) is 10.2. The highest BCUT2D eigenvalue weighted by Gasteiger charge is 1.99. The van der Waals surface area contributed by atoms with Crippen LogP contribution in [0.1, 0.15) is 18.1 Å². The molecule has 0 bridgehead atoms. The average Bonchev–Trinajstić information content (AvgIpc) is 2.08. The maximum absolute atomic E-state index is 5.89. The molecule has 0 atom stereocenters. The number of rotatable bonds is 3. The Morgan fingerprint density at radius 2 is 2.08 bits per heavy atom. The van der Waals surface area contributed by atoms with Crippen LogP contribution in [0.2, 0.25) is 5.02 Å². The predicted molar refractivity (Wildman–Crippen MR) is 58.0 cm³/mol. The molecule has 0 heterocycles. The minimum atomic E-state index is 0.844. The van der Waals surface area contributed by atoms with E-state index in [0.717, 1.165) is 17.2 Å². The second kappa shape index (κ2) is 4.78. The van der Waals surface area contributed by atoms with Gasteiger partial charge in [-0.05, 0) is 35.9 Å². The summed E-state index contributed by atoms with van der Waals surface area (Å²) in [5.41, 5.74) is 2.78. The third-order valence-electron chi connectivity index (χ3n) is 1.85. The Labute approximate surface area is 83.3 Å². The molecule has 0 radical (unpaired) electrons. The lowest BCUT2D eigenvalue weighted by molar-refractivity contribution is 1.10. The lowest BCUT2D eigenvalue weighted by Gasteiger charge is -2.05. The monoisotopic (exact) mass is 200 g/mol. The summed E-state index contributed by atoms with van der Waals surface area (Å²) in [4.78, 5) is 0. The van der Waals surface area contributed by atoms with Crippen LogP contribution < -0.4 is 0 Å². The second-order valence-electron chi connectivity index (χ2n) is 2.70. The maximum atomic E-state index is 5.89. The van der Waals surface area contributed by atoms with Crippen LogP contribution in [-0.4, -0.2) is 6.26 Å². The molecule has 2 heteroatoms. The molecule has 66 valence electrons. The average molecular weight is 201 g/mol. The van der Waals surface area contributed by atoms with E-state index in [2.05, 4.69) is 25.3 Å². The number of thioether (sulfide) groups is 1. The zero-order chi connectivity index (χ0) is 8.97. The largest absolute Gasteiger partial charge is 0.161 e. The van der Waals surface area contributed by atoms with Crippen molar-refractivity contribution in [3.05, 3.63) is 34.3 Å². The van der Waals surface area contributed by atoms with Crippen molar-refractivity contribution in [2.75, 3.05) is 6.26 Å². The summed E-state index contributed by atoms with van der Waals surface area (Å²) in [6.45, 7) is 2.16. The van der Waals surface area contributed by atoms with Crippen molar-refractivity contribution in [2.45, 2.75) is 19.1 Å². The quantitative estimate of drug-likeness (QED) is 0.716. The van der Waals surface area contributed by atoms with E-state index in [4.69, 9.17) is 11.6 Å². The topological polar surface area (TPSA) is 0 Å². The Bertz CT molecular complexity index is 258. The van der Waals surface area contributed by atoms with Crippen molar-refractivity contribution in [3.63, 3.8) is 0 Å². The SMILES string of the molecule is CCc1cc(Cl)ccc1CSC. The van der Waals surface area contributed by atoms with Crippen LogP contribution in [-0.2, 0) is 12.2 Å². The van der Waals surface area contributed by atoms with E-state index in [9.17, 15) is 0 Å². The van der Waals surface area contributed by atoms with Gasteiger partial charge in [0, 0.05) is 10.8 Å². The summed E-state index contributed by atoms with van der Waals surface area (Å²) in [7, 11) is 0. The molecule has 0 spiro atoms. The highest BCUT2D eigenvalue weighted by molar-refractivity contribution is 7.97. The molecule has 0 aliphatic carbocycles. The molecule has 0 aliphatic heterocycles. The van der Waals surface area contributed by atoms with Gasteiger partial charge < -0.3 is 0 Å². The van der Waals surface area contributed by atoms with Gasteiger partial charge in [0.2, 0.25) is 0 Å². The molecule has 0 amide bonds. The molecule has 0 saturated heterocycles. The van der Waals surface area contributed by atoms with Gasteiger partial charge in [0.15, 0.2) is 0 Å². The summed E-state index contributed by atoms with van der Waals surface area (Å²) in [5.74, 6) is 1.08. The molecule has 0 unspecified atom stereocenters. The Morgan fingerprint density at radius 3 is 2.67 bits per heavy atom. The zero-order valence-electron chi connectivity index (χ0n) is 7.43. The molecule has 12 heavy (non-hydrogen) atoms. The van der Waals surface area contributed by atoms with E-state index >= 15 is 0 Å². The van der Waals surface area contributed by atoms with Gasteiger partial charge >= 0.3 is 0 Å². The number of benzene rings is 1. The molecule has 0 fully saturated rings. The summed E-state index contributed by atoms with van der Waals surface area (Å²) < 4.78 is 0. The van der Waals surface area contributed by atoms with Gasteiger partial charge in [-0.2, -0.15) is 11.8 Å². The molecular formula is C10H13ClS. The molecule has 0 aromatic heterocycles. The first kappa shape index (κ1) is 9.94. The fraction of sp³-hybridized carbons (Fsp3) is 0.400. The molecule has 1 rings (SSSR count). The van der Waals surface area contributed by atoms with Gasteiger partial charge in [-0.1, -0.05) is 24.6 Å². The standard InChI is InChI=1S/C10H13ClS/c1-3-8-6-10(11)5-4-9(8)7-12-2/h4-6H,3,7H2,1-2H3. The molecule has 0 N–H and O–H groups in total. The van der Waals surface area contributed by atoms with Crippen LogP contribution >= 0.6 is 23.4 Å². The number of hydrogen-bond donors (Lipinski definition) is 0. The fourth-order valence-electron chi connectivity index (χ4n) is 1.22. The third-order valence-corrected chi connectivity index (χ3v) is 2.68. The van der Waals surface area contributed by atoms with Crippen molar-refractivity contribution in [1.29, 1.82) is 0 Å². The highest BCUT2D eigenvalue weighted by atomic mass is 35.5.